The summed E-state index contributed by atoms with van der Waals surface area (Å²) in [6.07, 6.45) is -0.979. The molecule has 1 saturated heterocycles. The van der Waals surface area contributed by atoms with E-state index in [0.717, 1.165) is 5.56 Å². The molecule has 4 nitrogen and oxygen atoms in total. The van der Waals surface area contributed by atoms with E-state index < -0.39 is 6.10 Å². The van der Waals surface area contributed by atoms with Gasteiger partial charge in [-0.15, -0.1) is 0 Å². The van der Waals surface area contributed by atoms with E-state index in [1.54, 1.807) is 7.11 Å². The molecule has 0 spiro atoms. The molecule has 1 fully saturated rings. The third-order valence-electron chi connectivity index (χ3n) is 2.77. The summed E-state index contributed by atoms with van der Waals surface area (Å²) in [4.78, 5) is 11.2. The molecule has 4 heteroatoms. The van der Waals surface area contributed by atoms with Crippen LogP contribution in [0.3, 0.4) is 0 Å². The fraction of sp³-hybridized carbons (Fsp3) is 0.357. The third-order valence-corrected chi connectivity index (χ3v) is 2.77. The van der Waals surface area contributed by atoms with Crippen LogP contribution < -0.4 is 0 Å². The fourth-order valence-corrected chi connectivity index (χ4v) is 1.84. The van der Waals surface area contributed by atoms with E-state index in [-0.39, 0.29) is 18.4 Å². The van der Waals surface area contributed by atoms with Crippen molar-refractivity contribution in [2.24, 2.45) is 0 Å². The first-order valence-corrected chi connectivity index (χ1v) is 5.72. The van der Waals surface area contributed by atoms with Gasteiger partial charge in [-0.1, -0.05) is 36.9 Å². The van der Waals surface area contributed by atoms with Gasteiger partial charge in [0, 0.05) is 19.6 Å². The van der Waals surface area contributed by atoms with Crippen molar-refractivity contribution in [3.8, 4) is 0 Å². The minimum Gasteiger partial charge on any atom is -0.453 e. The summed E-state index contributed by atoms with van der Waals surface area (Å²) in [5.74, 6) is -0.348. The SMILES string of the molecule is C=C(C(OC(C)=O)c1ccccc1)C1OC1OC. The highest BCUT2D eigenvalue weighted by Crippen LogP contribution is 2.37. The van der Waals surface area contributed by atoms with E-state index in [1.165, 1.54) is 6.92 Å². The van der Waals surface area contributed by atoms with Crippen molar-refractivity contribution in [2.45, 2.75) is 25.4 Å². The summed E-state index contributed by atoms with van der Waals surface area (Å²) >= 11 is 0. The number of hydrogen-bond donors (Lipinski definition) is 0. The van der Waals surface area contributed by atoms with Gasteiger partial charge in [0.1, 0.15) is 6.10 Å². The van der Waals surface area contributed by atoms with Gasteiger partial charge in [-0.05, 0) is 5.56 Å². The largest absolute Gasteiger partial charge is 0.453 e. The number of methoxy groups -OCH3 is 1. The fourth-order valence-electron chi connectivity index (χ4n) is 1.84. The molecule has 0 N–H and O–H groups in total. The van der Waals surface area contributed by atoms with E-state index in [1.807, 2.05) is 30.3 Å². The molecule has 96 valence electrons. The maximum atomic E-state index is 11.2. The highest BCUT2D eigenvalue weighted by Gasteiger charge is 2.44. The van der Waals surface area contributed by atoms with E-state index in [2.05, 4.69) is 6.58 Å². The van der Waals surface area contributed by atoms with Crippen LogP contribution in [0.2, 0.25) is 0 Å². The minimum absolute atomic E-state index is 0.209. The number of ether oxygens (including phenoxy) is 3. The molecule has 1 heterocycles. The Morgan fingerprint density at radius 2 is 2.06 bits per heavy atom. The topological polar surface area (TPSA) is 48.1 Å². The molecule has 2 rings (SSSR count). The van der Waals surface area contributed by atoms with Crippen LogP contribution in [0.4, 0.5) is 0 Å². The summed E-state index contributed by atoms with van der Waals surface area (Å²) in [5.41, 5.74) is 1.58. The summed E-state index contributed by atoms with van der Waals surface area (Å²) in [6, 6.07) is 9.47. The second kappa shape index (κ2) is 5.33. The zero-order valence-corrected chi connectivity index (χ0v) is 10.5. The molecular weight excluding hydrogens is 232 g/mol. The van der Waals surface area contributed by atoms with Crippen LogP contribution in [0.5, 0.6) is 0 Å². The van der Waals surface area contributed by atoms with Crippen molar-refractivity contribution in [1.82, 2.24) is 0 Å². The van der Waals surface area contributed by atoms with Gasteiger partial charge >= 0.3 is 5.97 Å². The van der Waals surface area contributed by atoms with Crippen molar-refractivity contribution in [3.05, 3.63) is 48.0 Å². The summed E-state index contributed by atoms with van der Waals surface area (Å²) in [6.45, 7) is 5.34. The van der Waals surface area contributed by atoms with Crippen LogP contribution in [0.1, 0.15) is 18.6 Å². The van der Waals surface area contributed by atoms with Crippen LogP contribution in [0.25, 0.3) is 0 Å². The normalized spacial score (nSPS) is 23.2. The molecular formula is C14H16O4. The third kappa shape index (κ3) is 2.78. The van der Waals surface area contributed by atoms with Crippen LogP contribution in [-0.2, 0) is 19.0 Å². The molecule has 0 saturated carbocycles. The second-order valence-corrected chi connectivity index (χ2v) is 4.14. The van der Waals surface area contributed by atoms with E-state index in [9.17, 15) is 4.79 Å². The average Bonchev–Trinajstić information content (AvgIpc) is 3.15. The van der Waals surface area contributed by atoms with Crippen LogP contribution >= 0.6 is 0 Å². The lowest BCUT2D eigenvalue weighted by molar-refractivity contribution is -0.145. The Labute approximate surface area is 106 Å². The van der Waals surface area contributed by atoms with Crippen LogP contribution in [0.15, 0.2) is 42.5 Å². The van der Waals surface area contributed by atoms with E-state index in [4.69, 9.17) is 14.2 Å². The van der Waals surface area contributed by atoms with Gasteiger partial charge in [0.15, 0.2) is 12.4 Å². The zero-order chi connectivity index (χ0) is 13.1. The number of benzene rings is 1. The maximum absolute atomic E-state index is 11.2. The quantitative estimate of drug-likeness (QED) is 0.455. The molecule has 1 aliphatic rings. The highest BCUT2D eigenvalue weighted by atomic mass is 16.8. The maximum Gasteiger partial charge on any atom is 0.303 e. The van der Waals surface area contributed by atoms with Gasteiger partial charge in [-0.2, -0.15) is 0 Å². The summed E-state index contributed by atoms with van der Waals surface area (Å²) < 4.78 is 15.7. The van der Waals surface area contributed by atoms with Gasteiger partial charge in [0.05, 0.1) is 0 Å². The predicted octanol–water partition coefficient (Wildman–Crippen LogP) is 2.22. The van der Waals surface area contributed by atoms with Crippen molar-refractivity contribution >= 4 is 5.97 Å². The molecule has 1 aliphatic heterocycles. The molecule has 0 bridgehead atoms. The van der Waals surface area contributed by atoms with Crippen molar-refractivity contribution in [3.63, 3.8) is 0 Å². The molecule has 1 aromatic carbocycles. The van der Waals surface area contributed by atoms with Gasteiger partial charge < -0.3 is 14.2 Å². The first-order valence-electron chi connectivity index (χ1n) is 5.72. The summed E-state index contributed by atoms with van der Waals surface area (Å²) in [7, 11) is 1.57. The Kier molecular flexibility index (Phi) is 3.79. The molecule has 1 aromatic rings. The monoisotopic (exact) mass is 248 g/mol. The smallest absolute Gasteiger partial charge is 0.303 e. The zero-order valence-electron chi connectivity index (χ0n) is 10.5. The van der Waals surface area contributed by atoms with E-state index in [0.29, 0.717) is 5.57 Å². The molecule has 3 atom stereocenters. The standard InChI is InChI=1S/C14H16O4/c1-9(13-14(16-3)18-13)12(17-10(2)15)11-7-5-4-6-8-11/h4-8,12-14H,1H2,2-3H3. The first-order chi connectivity index (χ1) is 8.63. The van der Waals surface area contributed by atoms with Crippen LogP contribution in [0, 0.1) is 0 Å². The van der Waals surface area contributed by atoms with Crippen molar-refractivity contribution < 1.29 is 19.0 Å². The number of esters is 1. The van der Waals surface area contributed by atoms with Crippen LogP contribution in [-0.4, -0.2) is 25.5 Å². The lowest BCUT2D eigenvalue weighted by Gasteiger charge is -2.18. The minimum atomic E-state index is -0.492. The van der Waals surface area contributed by atoms with Crippen molar-refractivity contribution in [1.29, 1.82) is 0 Å². The van der Waals surface area contributed by atoms with Gasteiger partial charge in [0.25, 0.3) is 0 Å². The summed E-state index contributed by atoms with van der Waals surface area (Å²) in [5, 5.41) is 0. The Balaban J connectivity index is 2.16. The van der Waals surface area contributed by atoms with Gasteiger partial charge in [-0.3, -0.25) is 4.79 Å². The molecule has 0 aliphatic carbocycles. The average molecular weight is 248 g/mol. The molecule has 0 radical (unpaired) electrons. The Hall–Kier alpha value is -1.65. The Morgan fingerprint density at radius 1 is 1.39 bits per heavy atom. The van der Waals surface area contributed by atoms with Gasteiger partial charge in [0.2, 0.25) is 0 Å². The molecule has 0 amide bonds. The number of carbonyl (C=O) groups excluding carboxylic acids is 1. The van der Waals surface area contributed by atoms with E-state index >= 15 is 0 Å². The Morgan fingerprint density at radius 3 is 2.56 bits per heavy atom. The predicted molar refractivity (Wildman–Crippen MR) is 65.8 cm³/mol. The number of epoxide rings is 1. The second-order valence-electron chi connectivity index (χ2n) is 4.14. The molecule has 3 unspecified atom stereocenters. The molecule has 18 heavy (non-hydrogen) atoms. The number of hydrogen-bond acceptors (Lipinski definition) is 4. The number of rotatable bonds is 5. The Bertz CT molecular complexity index is 440. The lowest BCUT2D eigenvalue weighted by Crippen LogP contribution is -2.15. The number of carbonyl (C=O) groups is 1. The lowest BCUT2D eigenvalue weighted by atomic mass is 10.0. The molecule has 0 aromatic heterocycles. The first kappa shape index (κ1) is 12.8. The van der Waals surface area contributed by atoms with Gasteiger partial charge in [-0.25, -0.2) is 0 Å². The van der Waals surface area contributed by atoms with Crippen molar-refractivity contribution in [2.75, 3.05) is 7.11 Å². The highest BCUT2D eigenvalue weighted by molar-refractivity contribution is 5.66.